The van der Waals surface area contributed by atoms with E-state index in [0.29, 0.717) is 6.42 Å². The molecule has 1 aliphatic heterocycles. The van der Waals surface area contributed by atoms with Crippen LogP contribution in [0.15, 0.2) is 48.0 Å². The van der Waals surface area contributed by atoms with E-state index < -0.39 is 10.0 Å². The van der Waals surface area contributed by atoms with Crippen molar-refractivity contribution in [1.29, 1.82) is 0 Å². The average molecular weight is 303 g/mol. The Morgan fingerprint density at radius 2 is 2.05 bits per heavy atom. The topological polar surface area (TPSA) is 64.0 Å². The molecule has 1 N–H and O–H groups in total. The van der Waals surface area contributed by atoms with Crippen LogP contribution in [0, 0.1) is 0 Å². The molecule has 0 spiro atoms. The van der Waals surface area contributed by atoms with Crippen molar-refractivity contribution in [1.82, 2.24) is 14.5 Å². The Balaban J connectivity index is 1.66. The lowest BCUT2D eigenvalue weighted by Crippen LogP contribution is -2.39. The molecule has 0 radical (unpaired) electrons. The number of aromatic nitrogens is 2. The first-order valence-electron chi connectivity index (χ1n) is 6.88. The fourth-order valence-electron chi connectivity index (χ4n) is 2.47. The van der Waals surface area contributed by atoms with Crippen LogP contribution < -0.4 is 4.72 Å². The normalized spacial score (nSPS) is 18.8. The highest BCUT2D eigenvalue weighted by Gasteiger charge is 2.22. The number of sulfonamides is 1. The van der Waals surface area contributed by atoms with Crippen molar-refractivity contribution >= 4 is 16.1 Å². The summed E-state index contributed by atoms with van der Waals surface area (Å²) in [6.07, 6.45) is 4.79. The van der Waals surface area contributed by atoms with E-state index in [1.54, 1.807) is 12.3 Å². The minimum absolute atomic E-state index is 0.0698. The van der Waals surface area contributed by atoms with Gasteiger partial charge in [-0.1, -0.05) is 30.3 Å². The maximum atomic E-state index is 12.1. The molecule has 1 aromatic heterocycles. The van der Waals surface area contributed by atoms with E-state index in [0.717, 1.165) is 24.2 Å². The van der Waals surface area contributed by atoms with E-state index in [-0.39, 0.29) is 6.04 Å². The molecule has 0 aliphatic carbocycles. The Kier molecular flexibility index (Phi) is 3.90. The molecule has 21 heavy (non-hydrogen) atoms. The van der Waals surface area contributed by atoms with Crippen molar-refractivity contribution < 1.29 is 8.42 Å². The van der Waals surface area contributed by atoms with E-state index in [9.17, 15) is 8.42 Å². The molecule has 5 nitrogen and oxygen atoms in total. The molecule has 6 heteroatoms. The van der Waals surface area contributed by atoms with Crippen LogP contribution in [0.4, 0.5) is 0 Å². The summed E-state index contributed by atoms with van der Waals surface area (Å²) in [5, 5.41) is 5.42. The van der Waals surface area contributed by atoms with Gasteiger partial charge in [0.2, 0.25) is 10.0 Å². The van der Waals surface area contributed by atoms with Crippen molar-refractivity contribution in [2.75, 3.05) is 0 Å². The highest BCUT2D eigenvalue weighted by atomic mass is 32.2. The molecule has 3 rings (SSSR count). The van der Waals surface area contributed by atoms with E-state index in [4.69, 9.17) is 0 Å². The van der Waals surface area contributed by atoms with Gasteiger partial charge in [0.1, 0.15) is 0 Å². The number of hydrogen-bond donors (Lipinski definition) is 1. The summed E-state index contributed by atoms with van der Waals surface area (Å²) in [5.41, 5.74) is 1.94. The standard InChI is InChI=1S/C15H17N3O2S/c19-21(20,11-8-13-4-2-1-3-5-13)17-14-7-10-18-15(12-14)6-9-16-18/h1-6,8-9,11,14,17H,7,10,12H2/b11-8+/t14-/m1/s1. The Morgan fingerprint density at radius 1 is 1.24 bits per heavy atom. The van der Waals surface area contributed by atoms with Crippen molar-refractivity contribution in [3.63, 3.8) is 0 Å². The molecule has 0 saturated carbocycles. The molecular weight excluding hydrogens is 286 g/mol. The molecule has 0 bridgehead atoms. The Hall–Kier alpha value is -1.92. The largest absolute Gasteiger partial charge is 0.269 e. The van der Waals surface area contributed by atoms with Gasteiger partial charge in [0, 0.05) is 36.3 Å². The van der Waals surface area contributed by atoms with Crippen molar-refractivity contribution in [2.24, 2.45) is 0 Å². The van der Waals surface area contributed by atoms with Crippen LogP contribution in [0.5, 0.6) is 0 Å². The van der Waals surface area contributed by atoms with Gasteiger partial charge in [-0.2, -0.15) is 5.10 Å². The van der Waals surface area contributed by atoms with Gasteiger partial charge in [-0.15, -0.1) is 0 Å². The zero-order valence-electron chi connectivity index (χ0n) is 11.5. The molecule has 2 aromatic rings. The van der Waals surface area contributed by atoms with Crippen LogP contribution in [-0.4, -0.2) is 24.2 Å². The summed E-state index contributed by atoms with van der Waals surface area (Å²) in [5.74, 6) is 0. The molecular formula is C15H17N3O2S. The van der Waals surface area contributed by atoms with Gasteiger partial charge >= 0.3 is 0 Å². The highest BCUT2D eigenvalue weighted by molar-refractivity contribution is 7.92. The van der Waals surface area contributed by atoms with Gasteiger partial charge in [0.05, 0.1) is 0 Å². The molecule has 0 saturated heterocycles. The molecule has 2 heterocycles. The van der Waals surface area contributed by atoms with Crippen LogP contribution in [0.3, 0.4) is 0 Å². The molecule has 0 fully saturated rings. The minimum Gasteiger partial charge on any atom is -0.269 e. The van der Waals surface area contributed by atoms with Crippen LogP contribution in [0.25, 0.3) is 6.08 Å². The number of rotatable bonds is 4. The molecule has 0 unspecified atom stereocenters. The molecule has 0 amide bonds. The fourth-order valence-corrected chi connectivity index (χ4v) is 3.55. The van der Waals surface area contributed by atoms with Crippen LogP contribution in [0.1, 0.15) is 17.7 Å². The minimum atomic E-state index is -3.43. The Morgan fingerprint density at radius 3 is 2.86 bits per heavy atom. The van der Waals surface area contributed by atoms with Gasteiger partial charge in [-0.05, 0) is 24.1 Å². The number of aryl methyl sites for hydroxylation is 1. The zero-order chi connectivity index (χ0) is 14.7. The number of hydrogen-bond acceptors (Lipinski definition) is 3. The SMILES string of the molecule is O=S(=O)(/C=C/c1ccccc1)N[C@@H]1CCn2nccc2C1. The number of benzene rings is 1. The third-order valence-electron chi connectivity index (χ3n) is 3.52. The first kappa shape index (κ1) is 14.0. The number of nitrogens with zero attached hydrogens (tertiary/aromatic N) is 2. The van der Waals surface area contributed by atoms with Crippen molar-refractivity contribution in [2.45, 2.75) is 25.4 Å². The molecule has 1 aromatic carbocycles. The summed E-state index contributed by atoms with van der Waals surface area (Å²) >= 11 is 0. The summed E-state index contributed by atoms with van der Waals surface area (Å²) in [7, 11) is -3.43. The van der Waals surface area contributed by atoms with Crippen LogP contribution in [-0.2, 0) is 23.0 Å². The van der Waals surface area contributed by atoms with E-state index in [1.807, 2.05) is 41.1 Å². The molecule has 1 atom stereocenters. The van der Waals surface area contributed by atoms with Crippen LogP contribution >= 0.6 is 0 Å². The smallest absolute Gasteiger partial charge is 0.233 e. The second kappa shape index (κ2) is 5.83. The highest BCUT2D eigenvalue weighted by Crippen LogP contribution is 2.15. The third kappa shape index (κ3) is 3.59. The molecule has 1 aliphatic rings. The lowest BCUT2D eigenvalue weighted by Gasteiger charge is -2.23. The Bertz CT molecular complexity index is 735. The Labute approximate surface area is 124 Å². The number of nitrogens with one attached hydrogen (secondary N) is 1. The second-order valence-electron chi connectivity index (χ2n) is 5.11. The van der Waals surface area contributed by atoms with E-state index in [1.165, 1.54) is 5.41 Å². The van der Waals surface area contributed by atoms with E-state index in [2.05, 4.69) is 9.82 Å². The number of fused-ring (bicyclic) bond motifs is 1. The first-order valence-corrected chi connectivity index (χ1v) is 8.43. The average Bonchev–Trinajstić information content (AvgIpc) is 2.93. The quantitative estimate of drug-likeness (QED) is 0.936. The van der Waals surface area contributed by atoms with E-state index >= 15 is 0 Å². The zero-order valence-corrected chi connectivity index (χ0v) is 12.3. The summed E-state index contributed by atoms with van der Waals surface area (Å²) in [4.78, 5) is 0. The monoisotopic (exact) mass is 303 g/mol. The van der Waals surface area contributed by atoms with Gasteiger partial charge in [-0.25, -0.2) is 13.1 Å². The van der Waals surface area contributed by atoms with Gasteiger partial charge in [0.15, 0.2) is 0 Å². The van der Waals surface area contributed by atoms with Gasteiger partial charge < -0.3 is 0 Å². The summed E-state index contributed by atoms with van der Waals surface area (Å²) in [6.45, 7) is 0.748. The first-order chi connectivity index (χ1) is 10.1. The van der Waals surface area contributed by atoms with Crippen LogP contribution in [0.2, 0.25) is 0 Å². The van der Waals surface area contributed by atoms with Crippen molar-refractivity contribution in [3.8, 4) is 0 Å². The third-order valence-corrected chi connectivity index (χ3v) is 4.68. The maximum absolute atomic E-state index is 12.1. The van der Waals surface area contributed by atoms with Gasteiger partial charge in [-0.3, -0.25) is 4.68 Å². The summed E-state index contributed by atoms with van der Waals surface area (Å²) < 4.78 is 28.9. The van der Waals surface area contributed by atoms with Crippen molar-refractivity contribution in [3.05, 3.63) is 59.3 Å². The fraction of sp³-hybridized carbons (Fsp3) is 0.267. The summed E-state index contributed by atoms with van der Waals surface area (Å²) in [6, 6.07) is 11.2. The lowest BCUT2D eigenvalue weighted by atomic mass is 10.1. The lowest BCUT2D eigenvalue weighted by molar-refractivity contribution is 0.415. The predicted molar refractivity (Wildman–Crippen MR) is 81.9 cm³/mol. The predicted octanol–water partition coefficient (Wildman–Crippen LogP) is 1.79. The maximum Gasteiger partial charge on any atom is 0.233 e. The van der Waals surface area contributed by atoms with Gasteiger partial charge in [0.25, 0.3) is 0 Å². The molecule has 110 valence electrons. The second-order valence-corrected chi connectivity index (χ2v) is 6.71.